The van der Waals surface area contributed by atoms with Gasteiger partial charge in [0.1, 0.15) is 18.2 Å². The van der Waals surface area contributed by atoms with E-state index in [0.29, 0.717) is 18.3 Å². The number of aromatic amines is 1. The second kappa shape index (κ2) is 7.53. The zero-order valence-electron chi connectivity index (χ0n) is 17.7. The summed E-state index contributed by atoms with van der Waals surface area (Å²) >= 11 is 0. The number of nitrogens with one attached hydrogen (secondary N) is 2. The number of benzene rings is 2. The molecule has 3 atom stereocenters. The van der Waals surface area contributed by atoms with E-state index >= 15 is 0 Å². The minimum absolute atomic E-state index is 0.000440. The second-order valence-corrected chi connectivity index (χ2v) is 9.12. The van der Waals surface area contributed by atoms with Crippen molar-refractivity contribution in [2.75, 3.05) is 31.6 Å². The van der Waals surface area contributed by atoms with Crippen molar-refractivity contribution in [1.82, 2.24) is 9.88 Å². The van der Waals surface area contributed by atoms with E-state index in [0.717, 1.165) is 36.5 Å². The number of hydrogen-bond acceptors (Lipinski definition) is 4. The van der Waals surface area contributed by atoms with Gasteiger partial charge in [-0.15, -0.1) is 0 Å². The molecule has 5 nitrogen and oxygen atoms in total. The van der Waals surface area contributed by atoms with Gasteiger partial charge >= 0.3 is 0 Å². The molecule has 3 aromatic rings. The van der Waals surface area contributed by atoms with Crippen LogP contribution in [0.4, 0.5) is 10.1 Å². The molecule has 1 aliphatic carbocycles. The first-order valence-corrected chi connectivity index (χ1v) is 11.3. The maximum atomic E-state index is 13.9. The number of hydrogen-bond donors (Lipinski definition) is 2. The molecule has 0 bridgehead atoms. The summed E-state index contributed by atoms with van der Waals surface area (Å²) in [6, 6.07) is 13.7. The van der Waals surface area contributed by atoms with Crippen LogP contribution in [0, 0.1) is 5.82 Å². The maximum absolute atomic E-state index is 13.9. The molecule has 0 unspecified atom stereocenters. The summed E-state index contributed by atoms with van der Waals surface area (Å²) in [6.45, 7) is 5.09. The number of nitrogens with zero attached hydrogens (tertiary/aromatic N) is 1. The molecular weight excluding hydrogens is 393 g/mol. The van der Waals surface area contributed by atoms with E-state index in [1.54, 1.807) is 0 Å². The van der Waals surface area contributed by atoms with Gasteiger partial charge in [-0.25, -0.2) is 4.39 Å². The monoisotopic (exact) mass is 421 g/mol. The lowest BCUT2D eigenvalue weighted by Gasteiger charge is -2.44. The molecule has 162 valence electrons. The normalized spacial score (nSPS) is 26.5. The highest BCUT2D eigenvalue weighted by atomic mass is 19.1. The van der Waals surface area contributed by atoms with E-state index < -0.39 is 0 Å². The van der Waals surface area contributed by atoms with Crippen LogP contribution in [0.1, 0.15) is 43.0 Å². The average molecular weight is 422 g/mol. The molecule has 1 saturated heterocycles. The van der Waals surface area contributed by atoms with Gasteiger partial charge in [-0.3, -0.25) is 4.90 Å². The third-order valence-electron chi connectivity index (χ3n) is 6.86. The highest BCUT2D eigenvalue weighted by molar-refractivity contribution is 5.93. The number of rotatable bonds is 4. The molecule has 31 heavy (non-hydrogen) atoms. The zero-order valence-corrected chi connectivity index (χ0v) is 17.7. The predicted molar refractivity (Wildman–Crippen MR) is 119 cm³/mol. The van der Waals surface area contributed by atoms with Gasteiger partial charge in [0.05, 0.1) is 24.8 Å². The van der Waals surface area contributed by atoms with E-state index in [1.807, 2.05) is 6.07 Å². The molecule has 0 radical (unpaired) electrons. The fourth-order valence-electron chi connectivity index (χ4n) is 5.09. The van der Waals surface area contributed by atoms with Gasteiger partial charge in [-0.1, -0.05) is 12.1 Å². The summed E-state index contributed by atoms with van der Waals surface area (Å²) in [6.07, 6.45) is 2.73. The topological polar surface area (TPSA) is 49.5 Å². The Bertz CT molecular complexity index is 1110. The Kier molecular flexibility index (Phi) is 4.65. The van der Waals surface area contributed by atoms with Gasteiger partial charge in [-0.2, -0.15) is 0 Å². The maximum Gasteiger partial charge on any atom is 0.127 e. The summed E-state index contributed by atoms with van der Waals surface area (Å²) in [7, 11) is 0. The van der Waals surface area contributed by atoms with Gasteiger partial charge < -0.3 is 19.8 Å². The fourth-order valence-corrected chi connectivity index (χ4v) is 5.09. The van der Waals surface area contributed by atoms with Crippen LogP contribution >= 0.6 is 0 Å². The van der Waals surface area contributed by atoms with Crippen LogP contribution in [-0.2, 0) is 4.74 Å². The first-order valence-electron chi connectivity index (χ1n) is 11.3. The summed E-state index contributed by atoms with van der Waals surface area (Å²) in [4.78, 5) is 6.05. The molecule has 2 N–H and O–H groups in total. The van der Waals surface area contributed by atoms with E-state index in [9.17, 15) is 4.39 Å². The Morgan fingerprint density at radius 1 is 1.16 bits per heavy atom. The minimum Gasteiger partial charge on any atom is -0.491 e. The van der Waals surface area contributed by atoms with Crippen molar-refractivity contribution in [1.29, 1.82) is 0 Å². The van der Waals surface area contributed by atoms with Gasteiger partial charge in [0, 0.05) is 47.0 Å². The van der Waals surface area contributed by atoms with Crippen LogP contribution in [0.25, 0.3) is 10.9 Å². The predicted octanol–water partition coefficient (Wildman–Crippen LogP) is 4.82. The fraction of sp³-hybridized carbons (Fsp3) is 0.440. The van der Waals surface area contributed by atoms with E-state index in [2.05, 4.69) is 46.4 Å². The van der Waals surface area contributed by atoms with Crippen molar-refractivity contribution in [2.24, 2.45) is 0 Å². The SMILES string of the molecule is C[C@@H]1CN([C@H]2COc3cc(F)ccc3[C@@H]2Nc2cccc3[nH]c(C4CC4)cc23)CCO1. The molecule has 2 fully saturated rings. The molecule has 0 amide bonds. The lowest BCUT2D eigenvalue weighted by molar-refractivity contribution is -0.0465. The van der Waals surface area contributed by atoms with Crippen LogP contribution in [-0.4, -0.2) is 48.3 Å². The Labute approximate surface area is 181 Å². The Morgan fingerprint density at radius 3 is 2.90 bits per heavy atom. The van der Waals surface area contributed by atoms with Crippen molar-refractivity contribution in [2.45, 2.75) is 43.9 Å². The van der Waals surface area contributed by atoms with Crippen molar-refractivity contribution in [3.63, 3.8) is 0 Å². The van der Waals surface area contributed by atoms with Crippen LogP contribution < -0.4 is 10.1 Å². The number of aromatic nitrogens is 1. The first-order chi connectivity index (χ1) is 15.2. The molecule has 2 aliphatic heterocycles. The van der Waals surface area contributed by atoms with Crippen LogP contribution in [0.5, 0.6) is 5.75 Å². The third kappa shape index (κ3) is 3.58. The van der Waals surface area contributed by atoms with E-state index in [4.69, 9.17) is 9.47 Å². The zero-order chi connectivity index (χ0) is 20.9. The van der Waals surface area contributed by atoms with Gasteiger partial charge in [0.2, 0.25) is 0 Å². The lowest BCUT2D eigenvalue weighted by atomic mass is 9.93. The molecular formula is C25H28FN3O2. The Balaban J connectivity index is 1.39. The van der Waals surface area contributed by atoms with E-state index in [-0.39, 0.29) is 24.0 Å². The molecule has 6 rings (SSSR count). The molecule has 0 spiro atoms. The molecule has 6 heteroatoms. The Hall–Kier alpha value is -2.57. The first kappa shape index (κ1) is 19.1. The number of morpholine rings is 1. The summed E-state index contributed by atoms with van der Waals surface area (Å²) in [5.41, 5.74) is 4.60. The van der Waals surface area contributed by atoms with Crippen LogP contribution in [0.2, 0.25) is 0 Å². The highest BCUT2D eigenvalue weighted by Gasteiger charge is 2.37. The molecule has 2 aromatic carbocycles. The van der Waals surface area contributed by atoms with Gasteiger partial charge in [-0.05, 0) is 49.9 Å². The molecule has 3 heterocycles. The lowest BCUT2D eigenvalue weighted by Crippen LogP contribution is -2.54. The van der Waals surface area contributed by atoms with Crippen LogP contribution in [0.15, 0.2) is 42.5 Å². The summed E-state index contributed by atoms with van der Waals surface area (Å²) < 4.78 is 25.7. The van der Waals surface area contributed by atoms with Crippen molar-refractivity contribution >= 4 is 16.6 Å². The van der Waals surface area contributed by atoms with Crippen LogP contribution in [0.3, 0.4) is 0 Å². The van der Waals surface area contributed by atoms with Crippen molar-refractivity contribution in [3.8, 4) is 5.75 Å². The van der Waals surface area contributed by atoms with Gasteiger partial charge in [0.15, 0.2) is 0 Å². The molecule has 3 aliphatic rings. The number of fused-ring (bicyclic) bond motifs is 2. The smallest absolute Gasteiger partial charge is 0.127 e. The molecule has 1 saturated carbocycles. The molecule has 1 aromatic heterocycles. The summed E-state index contributed by atoms with van der Waals surface area (Å²) in [5.74, 6) is 1.04. The third-order valence-corrected chi connectivity index (χ3v) is 6.86. The van der Waals surface area contributed by atoms with Crippen molar-refractivity contribution in [3.05, 3.63) is 59.5 Å². The number of ether oxygens (including phenoxy) is 2. The number of anilines is 1. The van der Waals surface area contributed by atoms with E-state index in [1.165, 1.54) is 36.1 Å². The quantitative estimate of drug-likeness (QED) is 0.634. The second-order valence-electron chi connectivity index (χ2n) is 9.12. The minimum atomic E-state index is -0.266. The average Bonchev–Trinajstić information content (AvgIpc) is 3.52. The number of halogens is 1. The Morgan fingerprint density at radius 2 is 2.06 bits per heavy atom. The summed E-state index contributed by atoms with van der Waals surface area (Å²) in [5, 5.41) is 5.05. The highest BCUT2D eigenvalue weighted by Crippen LogP contribution is 2.43. The van der Waals surface area contributed by atoms with Gasteiger partial charge in [0.25, 0.3) is 0 Å². The standard InChI is InChI=1S/C25H28FN3O2/c1-15-13-29(9-10-30-15)23-14-31-24-11-17(26)7-8-18(24)25(23)28-21-4-2-3-20-19(21)12-22(27-20)16-5-6-16/h2-4,7-8,11-12,15-16,23,25,27-28H,5-6,9-10,13-14H2,1H3/t15-,23+,25+/m1/s1. The number of H-pyrrole nitrogens is 1. The van der Waals surface area contributed by atoms with Crippen molar-refractivity contribution < 1.29 is 13.9 Å². The largest absolute Gasteiger partial charge is 0.491 e.